The van der Waals surface area contributed by atoms with Crippen molar-refractivity contribution < 1.29 is 4.74 Å². The number of allylic oxidation sites excluding steroid dienone is 4. The SMILES string of the molecule is CC1=CC(c2ccnc(OCCCCC3CCN(C)CC3)c2Cl)CC=C1. The van der Waals surface area contributed by atoms with Crippen molar-refractivity contribution in [2.24, 2.45) is 5.92 Å². The van der Waals surface area contributed by atoms with Crippen molar-refractivity contribution in [3.8, 4) is 5.88 Å². The molecule has 0 bridgehead atoms. The molecule has 1 fully saturated rings. The van der Waals surface area contributed by atoms with Crippen LogP contribution in [0.25, 0.3) is 0 Å². The van der Waals surface area contributed by atoms with Crippen LogP contribution in [-0.4, -0.2) is 36.6 Å². The largest absolute Gasteiger partial charge is 0.477 e. The van der Waals surface area contributed by atoms with Gasteiger partial charge in [0.05, 0.1) is 6.61 Å². The van der Waals surface area contributed by atoms with E-state index in [0.29, 0.717) is 23.4 Å². The summed E-state index contributed by atoms with van der Waals surface area (Å²) in [6.07, 6.45) is 15.7. The Hall–Kier alpha value is -1.32. The van der Waals surface area contributed by atoms with E-state index >= 15 is 0 Å². The van der Waals surface area contributed by atoms with Gasteiger partial charge in [-0.2, -0.15) is 0 Å². The molecule has 142 valence electrons. The lowest BCUT2D eigenvalue weighted by atomic mass is 9.90. The zero-order chi connectivity index (χ0) is 18.4. The molecule has 0 radical (unpaired) electrons. The van der Waals surface area contributed by atoms with Crippen LogP contribution in [0.3, 0.4) is 0 Å². The average Bonchev–Trinajstić information content (AvgIpc) is 2.64. The van der Waals surface area contributed by atoms with Gasteiger partial charge in [0.25, 0.3) is 0 Å². The molecule has 1 aromatic rings. The zero-order valence-corrected chi connectivity index (χ0v) is 16.8. The molecular weight excluding hydrogens is 344 g/mol. The van der Waals surface area contributed by atoms with Gasteiger partial charge < -0.3 is 9.64 Å². The molecule has 3 rings (SSSR count). The van der Waals surface area contributed by atoms with E-state index in [2.05, 4.69) is 42.1 Å². The summed E-state index contributed by atoms with van der Waals surface area (Å²) in [5.74, 6) is 1.80. The maximum absolute atomic E-state index is 6.59. The van der Waals surface area contributed by atoms with Gasteiger partial charge in [0, 0.05) is 12.1 Å². The number of hydrogen-bond acceptors (Lipinski definition) is 3. The molecule has 2 aliphatic rings. The number of rotatable bonds is 7. The normalized spacial score (nSPS) is 21.7. The Labute approximate surface area is 163 Å². The second kappa shape index (κ2) is 9.57. The second-order valence-electron chi connectivity index (χ2n) is 7.77. The van der Waals surface area contributed by atoms with Gasteiger partial charge in [0.2, 0.25) is 5.88 Å². The molecule has 0 saturated carbocycles. The Morgan fingerprint density at radius 2 is 2.08 bits per heavy atom. The third-order valence-electron chi connectivity index (χ3n) is 5.61. The van der Waals surface area contributed by atoms with Gasteiger partial charge in [-0.05, 0) is 76.7 Å². The highest BCUT2D eigenvalue weighted by Gasteiger charge is 2.18. The van der Waals surface area contributed by atoms with Gasteiger partial charge in [0.1, 0.15) is 5.02 Å². The average molecular weight is 375 g/mol. The number of ether oxygens (including phenoxy) is 1. The minimum Gasteiger partial charge on any atom is -0.477 e. The molecule has 1 saturated heterocycles. The third kappa shape index (κ3) is 5.34. The molecule has 3 nitrogen and oxygen atoms in total. The second-order valence-corrected chi connectivity index (χ2v) is 8.14. The molecule has 0 spiro atoms. The van der Waals surface area contributed by atoms with E-state index in [1.165, 1.54) is 44.3 Å². The van der Waals surface area contributed by atoms with E-state index in [0.717, 1.165) is 24.3 Å². The van der Waals surface area contributed by atoms with Gasteiger partial charge in [-0.15, -0.1) is 0 Å². The lowest BCUT2D eigenvalue weighted by Gasteiger charge is -2.28. The Morgan fingerprint density at radius 3 is 2.85 bits per heavy atom. The van der Waals surface area contributed by atoms with Crippen molar-refractivity contribution in [1.29, 1.82) is 0 Å². The summed E-state index contributed by atoms with van der Waals surface area (Å²) >= 11 is 6.59. The van der Waals surface area contributed by atoms with Crippen LogP contribution < -0.4 is 4.74 Å². The van der Waals surface area contributed by atoms with Crippen LogP contribution in [0.2, 0.25) is 5.02 Å². The molecule has 1 aliphatic heterocycles. The summed E-state index contributed by atoms with van der Waals surface area (Å²) in [5, 5.41) is 0.673. The molecule has 2 heterocycles. The topological polar surface area (TPSA) is 25.4 Å². The predicted octanol–water partition coefficient (Wildman–Crippen LogP) is 5.62. The number of pyridine rings is 1. The van der Waals surface area contributed by atoms with E-state index in [1.807, 2.05) is 12.3 Å². The van der Waals surface area contributed by atoms with Gasteiger partial charge in [-0.25, -0.2) is 4.98 Å². The van der Waals surface area contributed by atoms with E-state index in [9.17, 15) is 0 Å². The number of nitrogens with zero attached hydrogens (tertiary/aromatic N) is 2. The standard InChI is InChI=1S/C22H31ClN2O/c1-17-6-5-8-19(16-17)20-9-12-24-22(21(20)23)26-15-4-3-7-18-10-13-25(2)14-11-18/h5-6,9,12,16,18-19H,3-4,7-8,10-11,13-15H2,1-2H3. The van der Waals surface area contributed by atoms with Crippen molar-refractivity contribution >= 4 is 11.6 Å². The first-order chi connectivity index (χ1) is 12.6. The van der Waals surface area contributed by atoms with E-state index in [4.69, 9.17) is 16.3 Å². The molecule has 0 aromatic carbocycles. The van der Waals surface area contributed by atoms with Crippen LogP contribution in [0.15, 0.2) is 36.1 Å². The first kappa shape index (κ1) is 19.4. The zero-order valence-electron chi connectivity index (χ0n) is 16.1. The number of aromatic nitrogens is 1. The lowest BCUT2D eigenvalue weighted by Crippen LogP contribution is -2.30. The lowest BCUT2D eigenvalue weighted by molar-refractivity contribution is 0.205. The number of unbranched alkanes of at least 4 members (excludes halogenated alkanes) is 1. The van der Waals surface area contributed by atoms with Crippen molar-refractivity contribution in [3.05, 3.63) is 46.7 Å². The van der Waals surface area contributed by atoms with Crippen LogP contribution in [0.1, 0.15) is 56.9 Å². The minimum absolute atomic E-state index is 0.322. The van der Waals surface area contributed by atoms with Crippen molar-refractivity contribution in [1.82, 2.24) is 9.88 Å². The third-order valence-corrected chi connectivity index (χ3v) is 5.98. The molecule has 1 aliphatic carbocycles. The monoisotopic (exact) mass is 374 g/mol. The molecule has 0 amide bonds. The van der Waals surface area contributed by atoms with Crippen molar-refractivity contribution in [2.45, 2.75) is 51.4 Å². The van der Waals surface area contributed by atoms with E-state index in [-0.39, 0.29) is 0 Å². The predicted molar refractivity (Wildman–Crippen MR) is 109 cm³/mol. The Bertz CT molecular complexity index is 648. The fourth-order valence-electron chi connectivity index (χ4n) is 3.94. The summed E-state index contributed by atoms with van der Waals surface area (Å²) in [6.45, 7) is 5.32. The maximum Gasteiger partial charge on any atom is 0.232 e. The Kier molecular flexibility index (Phi) is 7.15. The molecule has 1 atom stereocenters. The summed E-state index contributed by atoms with van der Waals surface area (Å²) in [4.78, 5) is 6.78. The Balaban J connectivity index is 1.45. The van der Waals surface area contributed by atoms with Gasteiger partial charge in [-0.1, -0.05) is 41.8 Å². The fourth-order valence-corrected chi connectivity index (χ4v) is 4.24. The smallest absolute Gasteiger partial charge is 0.232 e. The van der Waals surface area contributed by atoms with E-state index in [1.54, 1.807) is 0 Å². The summed E-state index contributed by atoms with van der Waals surface area (Å²) in [5.41, 5.74) is 2.40. The van der Waals surface area contributed by atoms with Gasteiger partial charge in [-0.3, -0.25) is 0 Å². The molecule has 4 heteroatoms. The van der Waals surface area contributed by atoms with Gasteiger partial charge >= 0.3 is 0 Å². The number of halogens is 1. The molecule has 1 aromatic heterocycles. The summed E-state index contributed by atoms with van der Waals surface area (Å²) in [6, 6.07) is 2.02. The molecular formula is C22H31ClN2O. The van der Waals surface area contributed by atoms with Crippen LogP contribution in [0.5, 0.6) is 5.88 Å². The minimum atomic E-state index is 0.322. The maximum atomic E-state index is 6.59. The van der Waals surface area contributed by atoms with Crippen LogP contribution in [0, 0.1) is 5.92 Å². The molecule has 1 unspecified atom stereocenters. The van der Waals surface area contributed by atoms with Crippen LogP contribution in [0.4, 0.5) is 0 Å². The molecule has 26 heavy (non-hydrogen) atoms. The number of likely N-dealkylation sites (tertiary alicyclic amines) is 1. The number of piperidine rings is 1. The summed E-state index contributed by atoms with van der Waals surface area (Å²) in [7, 11) is 2.22. The first-order valence-electron chi connectivity index (χ1n) is 9.94. The first-order valence-corrected chi connectivity index (χ1v) is 10.3. The highest BCUT2D eigenvalue weighted by Crippen LogP contribution is 2.36. The Morgan fingerprint density at radius 1 is 1.27 bits per heavy atom. The summed E-state index contributed by atoms with van der Waals surface area (Å²) < 4.78 is 5.91. The van der Waals surface area contributed by atoms with E-state index < -0.39 is 0 Å². The molecule has 0 N–H and O–H groups in total. The van der Waals surface area contributed by atoms with Crippen LogP contribution >= 0.6 is 11.6 Å². The van der Waals surface area contributed by atoms with Crippen LogP contribution in [-0.2, 0) is 0 Å². The quantitative estimate of drug-likeness (QED) is 0.579. The highest BCUT2D eigenvalue weighted by molar-refractivity contribution is 6.32. The van der Waals surface area contributed by atoms with Gasteiger partial charge in [0.15, 0.2) is 0 Å². The van der Waals surface area contributed by atoms with Crippen molar-refractivity contribution in [2.75, 3.05) is 26.7 Å². The highest BCUT2D eigenvalue weighted by atomic mass is 35.5. The van der Waals surface area contributed by atoms with Crippen molar-refractivity contribution in [3.63, 3.8) is 0 Å². The number of hydrogen-bond donors (Lipinski definition) is 0. The fraction of sp³-hybridized carbons (Fsp3) is 0.591.